The summed E-state index contributed by atoms with van der Waals surface area (Å²) in [5.41, 5.74) is 6.04. The third kappa shape index (κ3) is 3.50. The molecule has 0 spiro atoms. The van der Waals surface area contributed by atoms with Gasteiger partial charge in [-0.15, -0.1) is 11.8 Å². The van der Waals surface area contributed by atoms with Gasteiger partial charge >= 0.3 is 0 Å². The average Bonchev–Trinajstić information content (AvgIpc) is 2.28. The Morgan fingerprint density at radius 1 is 1.44 bits per heavy atom. The van der Waals surface area contributed by atoms with Crippen LogP contribution in [-0.4, -0.2) is 16.2 Å². The zero-order valence-corrected chi connectivity index (χ0v) is 10.2. The minimum atomic E-state index is -0.393. The Morgan fingerprint density at radius 2 is 2.00 bits per heavy atom. The Bertz CT molecular complexity index is 354. The van der Waals surface area contributed by atoms with Gasteiger partial charge in [0.15, 0.2) is 0 Å². The van der Waals surface area contributed by atoms with Crippen LogP contribution in [0.3, 0.4) is 0 Å². The Balaban J connectivity index is 2.65. The Kier molecular flexibility index (Phi) is 4.76. The maximum Gasteiger partial charge on any atom is 0.269 e. The first-order valence-corrected chi connectivity index (χ1v) is 6.09. The lowest BCUT2D eigenvalue weighted by atomic mass is 10.2. The van der Waals surface area contributed by atoms with Gasteiger partial charge in [0.1, 0.15) is 0 Å². The van der Waals surface area contributed by atoms with Crippen LogP contribution < -0.4 is 5.73 Å². The van der Waals surface area contributed by atoms with Gasteiger partial charge in [0.2, 0.25) is 0 Å². The standard InChI is InChI=1S/C11H16N2O2S/c1-3-11(12)8(2)16-10-6-4-9(5-7-10)13(14)15/h4-8,11H,3,12H2,1-2H3. The highest BCUT2D eigenvalue weighted by atomic mass is 32.2. The summed E-state index contributed by atoms with van der Waals surface area (Å²) in [6.07, 6.45) is 0.932. The lowest BCUT2D eigenvalue weighted by Crippen LogP contribution is -2.29. The second kappa shape index (κ2) is 5.86. The number of nitro groups is 1. The molecule has 5 heteroatoms. The number of rotatable bonds is 5. The van der Waals surface area contributed by atoms with Gasteiger partial charge in [-0.1, -0.05) is 13.8 Å². The summed E-state index contributed by atoms with van der Waals surface area (Å²) >= 11 is 1.65. The third-order valence-corrected chi connectivity index (χ3v) is 3.71. The Hall–Kier alpha value is -1.07. The van der Waals surface area contributed by atoms with E-state index in [1.807, 2.05) is 0 Å². The van der Waals surface area contributed by atoms with Crippen LogP contribution in [0.5, 0.6) is 0 Å². The van der Waals surface area contributed by atoms with Gasteiger partial charge in [-0.05, 0) is 18.6 Å². The van der Waals surface area contributed by atoms with Gasteiger partial charge < -0.3 is 5.73 Å². The topological polar surface area (TPSA) is 69.2 Å². The average molecular weight is 240 g/mol. The van der Waals surface area contributed by atoms with Crippen LogP contribution in [0.4, 0.5) is 5.69 Å². The van der Waals surface area contributed by atoms with Crippen LogP contribution in [-0.2, 0) is 0 Å². The van der Waals surface area contributed by atoms with E-state index in [-0.39, 0.29) is 11.7 Å². The summed E-state index contributed by atoms with van der Waals surface area (Å²) in [5, 5.41) is 10.8. The van der Waals surface area contributed by atoms with Crippen molar-refractivity contribution in [1.82, 2.24) is 0 Å². The molecule has 0 bridgehead atoms. The first kappa shape index (κ1) is 13.0. The molecule has 2 unspecified atom stereocenters. The molecule has 16 heavy (non-hydrogen) atoms. The molecule has 88 valence electrons. The van der Waals surface area contributed by atoms with E-state index in [1.165, 1.54) is 12.1 Å². The van der Waals surface area contributed by atoms with Gasteiger partial charge in [-0.2, -0.15) is 0 Å². The number of nitrogens with two attached hydrogens (primary N) is 1. The molecular formula is C11H16N2O2S. The molecule has 2 atom stereocenters. The quantitative estimate of drug-likeness (QED) is 0.488. The lowest BCUT2D eigenvalue weighted by Gasteiger charge is -2.17. The van der Waals surface area contributed by atoms with E-state index < -0.39 is 4.92 Å². The van der Waals surface area contributed by atoms with Crippen LogP contribution in [0.2, 0.25) is 0 Å². The number of hydrogen-bond donors (Lipinski definition) is 1. The van der Waals surface area contributed by atoms with Crippen LogP contribution in [0.15, 0.2) is 29.2 Å². The number of nitro benzene ring substituents is 1. The normalized spacial score (nSPS) is 14.4. The van der Waals surface area contributed by atoms with Crippen molar-refractivity contribution in [3.63, 3.8) is 0 Å². The van der Waals surface area contributed by atoms with E-state index in [2.05, 4.69) is 13.8 Å². The Labute approximate surface area is 99.4 Å². The van der Waals surface area contributed by atoms with Crippen molar-refractivity contribution < 1.29 is 4.92 Å². The first-order valence-electron chi connectivity index (χ1n) is 5.21. The molecule has 0 saturated carbocycles. The molecule has 2 N–H and O–H groups in total. The molecule has 1 rings (SSSR count). The van der Waals surface area contributed by atoms with Crippen molar-refractivity contribution in [3.8, 4) is 0 Å². The fourth-order valence-electron chi connectivity index (χ4n) is 1.28. The van der Waals surface area contributed by atoms with Crippen molar-refractivity contribution in [1.29, 1.82) is 0 Å². The number of non-ortho nitro benzene ring substituents is 1. The van der Waals surface area contributed by atoms with Crippen LogP contribution in [0, 0.1) is 10.1 Å². The molecule has 0 amide bonds. The second-order valence-electron chi connectivity index (χ2n) is 3.65. The van der Waals surface area contributed by atoms with Gasteiger partial charge in [0.25, 0.3) is 5.69 Å². The van der Waals surface area contributed by atoms with Gasteiger partial charge in [0, 0.05) is 28.3 Å². The van der Waals surface area contributed by atoms with Gasteiger partial charge in [0.05, 0.1) is 4.92 Å². The Morgan fingerprint density at radius 3 is 2.44 bits per heavy atom. The zero-order chi connectivity index (χ0) is 12.1. The largest absolute Gasteiger partial charge is 0.327 e. The zero-order valence-electron chi connectivity index (χ0n) is 9.42. The highest BCUT2D eigenvalue weighted by Crippen LogP contribution is 2.27. The molecule has 0 saturated heterocycles. The van der Waals surface area contributed by atoms with Crippen molar-refractivity contribution in [2.24, 2.45) is 5.73 Å². The number of nitrogens with zero attached hydrogens (tertiary/aromatic N) is 1. The molecule has 4 nitrogen and oxygen atoms in total. The maximum atomic E-state index is 10.5. The number of thioether (sulfide) groups is 1. The predicted molar refractivity (Wildman–Crippen MR) is 66.7 cm³/mol. The van der Waals surface area contributed by atoms with Crippen LogP contribution in [0.1, 0.15) is 20.3 Å². The van der Waals surface area contributed by atoms with E-state index in [0.29, 0.717) is 5.25 Å². The SMILES string of the molecule is CCC(N)C(C)Sc1ccc([N+](=O)[O-])cc1. The van der Waals surface area contributed by atoms with Crippen LogP contribution in [0.25, 0.3) is 0 Å². The van der Waals surface area contributed by atoms with Gasteiger partial charge in [-0.3, -0.25) is 10.1 Å². The summed E-state index contributed by atoms with van der Waals surface area (Å²) in [7, 11) is 0. The van der Waals surface area contributed by atoms with E-state index >= 15 is 0 Å². The third-order valence-electron chi connectivity index (χ3n) is 2.44. The molecule has 0 aliphatic heterocycles. The summed E-state index contributed by atoms with van der Waals surface area (Å²) < 4.78 is 0. The maximum absolute atomic E-state index is 10.5. The van der Waals surface area contributed by atoms with Crippen molar-refractivity contribution in [2.75, 3.05) is 0 Å². The molecule has 0 aromatic heterocycles. The lowest BCUT2D eigenvalue weighted by molar-refractivity contribution is -0.384. The van der Waals surface area contributed by atoms with E-state index in [1.54, 1.807) is 23.9 Å². The second-order valence-corrected chi connectivity index (χ2v) is 5.10. The summed E-state index contributed by atoms with van der Waals surface area (Å²) in [6, 6.07) is 6.72. The molecular weight excluding hydrogens is 224 g/mol. The van der Waals surface area contributed by atoms with E-state index in [0.717, 1.165) is 11.3 Å². The molecule has 1 aromatic carbocycles. The summed E-state index contributed by atoms with van der Waals surface area (Å²) in [6.45, 7) is 4.12. The summed E-state index contributed by atoms with van der Waals surface area (Å²) in [4.78, 5) is 11.1. The van der Waals surface area contributed by atoms with Crippen molar-refractivity contribution >= 4 is 17.4 Å². The summed E-state index contributed by atoms with van der Waals surface area (Å²) in [5.74, 6) is 0. The van der Waals surface area contributed by atoms with Crippen molar-refractivity contribution in [3.05, 3.63) is 34.4 Å². The number of benzene rings is 1. The first-order chi connectivity index (χ1) is 7.54. The number of hydrogen-bond acceptors (Lipinski definition) is 4. The van der Waals surface area contributed by atoms with Gasteiger partial charge in [-0.25, -0.2) is 0 Å². The molecule has 0 aliphatic carbocycles. The monoisotopic (exact) mass is 240 g/mol. The van der Waals surface area contributed by atoms with Crippen molar-refractivity contribution in [2.45, 2.75) is 36.5 Å². The predicted octanol–water partition coefficient (Wildman–Crippen LogP) is 2.81. The van der Waals surface area contributed by atoms with Crippen LogP contribution >= 0.6 is 11.8 Å². The minimum Gasteiger partial charge on any atom is -0.327 e. The molecule has 0 aliphatic rings. The minimum absolute atomic E-state index is 0.122. The smallest absolute Gasteiger partial charge is 0.269 e. The molecule has 0 fully saturated rings. The van der Waals surface area contributed by atoms with E-state index in [4.69, 9.17) is 5.73 Å². The highest BCUT2D eigenvalue weighted by Gasteiger charge is 2.12. The highest BCUT2D eigenvalue weighted by molar-refractivity contribution is 8.00. The fourth-order valence-corrected chi connectivity index (χ4v) is 2.37. The van der Waals surface area contributed by atoms with E-state index in [9.17, 15) is 10.1 Å². The molecule has 0 radical (unpaired) electrons. The fraction of sp³-hybridized carbons (Fsp3) is 0.455. The molecule has 1 aromatic rings. The molecule has 0 heterocycles.